The summed E-state index contributed by atoms with van der Waals surface area (Å²) in [6.45, 7) is 25.9. The van der Waals surface area contributed by atoms with Crippen molar-refractivity contribution in [1.29, 1.82) is 0 Å². The molecule has 1 N–H and O–H groups in total. The van der Waals surface area contributed by atoms with Crippen molar-refractivity contribution in [2.24, 2.45) is 0 Å². The minimum Gasteiger partial charge on any atom is -0.507 e. The van der Waals surface area contributed by atoms with Crippen LogP contribution in [0, 0.1) is 5.82 Å². The van der Waals surface area contributed by atoms with E-state index in [1.807, 2.05) is 31.3 Å². The highest BCUT2D eigenvalue weighted by molar-refractivity contribution is 5.97. The summed E-state index contributed by atoms with van der Waals surface area (Å²) < 4.78 is 17.0. The van der Waals surface area contributed by atoms with Gasteiger partial charge in [-0.05, 0) is 117 Å². The second-order valence-corrected chi connectivity index (χ2v) is 16.8. The van der Waals surface area contributed by atoms with E-state index in [2.05, 4.69) is 134 Å². The number of para-hydroxylation sites is 1. The molecule has 0 unspecified atom stereocenters. The van der Waals surface area contributed by atoms with Crippen molar-refractivity contribution < 1.29 is 9.50 Å². The maximum Gasteiger partial charge on any atom is 0.149 e. The Morgan fingerprint density at radius 3 is 1.98 bits per heavy atom. The van der Waals surface area contributed by atoms with Crippen LogP contribution in [0.4, 0.5) is 4.39 Å². The first-order chi connectivity index (χ1) is 24.4. The number of allylic oxidation sites excluding steroid dienone is 3. The van der Waals surface area contributed by atoms with E-state index in [-0.39, 0.29) is 22.0 Å². The molecule has 5 heteroatoms. The molecule has 2 heterocycles. The summed E-state index contributed by atoms with van der Waals surface area (Å²) in [5, 5.41) is 11.2. The summed E-state index contributed by atoms with van der Waals surface area (Å²) in [5.74, 6) is -0.0130. The van der Waals surface area contributed by atoms with Crippen molar-refractivity contribution in [3.05, 3.63) is 138 Å². The summed E-state index contributed by atoms with van der Waals surface area (Å²) in [7, 11) is 0. The third-order valence-corrected chi connectivity index (χ3v) is 9.82. The number of phenolic OH excluding ortho intramolecular Hbond substituents is 1. The lowest BCUT2D eigenvalue weighted by Gasteiger charge is -2.27. The van der Waals surface area contributed by atoms with E-state index in [0.717, 1.165) is 55.8 Å². The predicted molar refractivity (Wildman–Crippen MR) is 217 cm³/mol. The van der Waals surface area contributed by atoms with Crippen LogP contribution >= 0.6 is 0 Å². The zero-order chi connectivity index (χ0) is 37.7. The molecule has 0 aliphatic carbocycles. The molecule has 0 aliphatic rings. The number of benzene rings is 4. The van der Waals surface area contributed by atoms with E-state index in [9.17, 15) is 9.50 Å². The highest BCUT2D eigenvalue weighted by atomic mass is 19.1. The molecule has 0 amide bonds. The summed E-state index contributed by atoms with van der Waals surface area (Å²) in [6.07, 6.45) is 5.76. The molecule has 0 saturated heterocycles. The van der Waals surface area contributed by atoms with Gasteiger partial charge in [-0.15, -0.1) is 0 Å². The highest BCUT2D eigenvalue weighted by Crippen LogP contribution is 2.41. The molecule has 0 aliphatic heterocycles. The molecule has 0 spiro atoms. The molecule has 0 radical (unpaired) electrons. The standard InChI is InChI=1S/C47H50FN3O/c1-12-29(13-2)30-19-20-49-40(24-30)32-21-31(22-33(23-32)45(3,4)5)38-15-14-16-41-43(38)50-44(39-28-36(48)17-18-42(39)52)51(41)37-26-34(46(6,7)8)25-35(27-37)47(9,10)11/h12-28,52H,1H2,2-11H3/b29-13+. The summed E-state index contributed by atoms with van der Waals surface area (Å²) in [6, 6.07) is 27.6. The monoisotopic (exact) mass is 691 g/mol. The molecule has 6 aromatic rings. The quantitative estimate of drug-likeness (QED) is 0.177. The smallest absolute Gasteiger partial charge is 0.149 e. The first-order valence-electron chi connectivity index (χ1n) is 18.0. The molecule has 52 heavy (non-hydrogen) atoms. The Bertz CT molecular complexity index is 2320. The normalized spacial score (nSPS) is 12.8. The van der Waals surface area contributed by atoms with Crippen LogP contribution in [0.5, 0.6) is 5.75 Å². The second kappa shape index (κ2) is 13.4. The van der Waals surface area contributed by atoms with Crippen LogP contribution in [0.1, 0.15) is 91.5 Å². The lowest BCUT2D eigenvalue weighted by atomic mass is 9.80. The van der Waals surface area contributed by atoms with Gasteiger partial charge in [-0.3, -0.25) is 9.55 Å². The van der Waals surface area contributed by atoms with Crippen LogP contribution in [-0.4, -0.2) is 19.6 Å². The Kier molecular flexibility index (Phi) is 9.38. The number of rotatable bonds is 6. The summed E-state index contributed by atoms with van der Waals surface area (Å²) in [4.78, 5) is 10.1. The van der Waals surface area contributed by atoms with Gasteiger partial charge in [0, 0.05) is 23.0 Å². The van der Waals surface area contributed by atoms with Gasteiger partial charge < -0.3 is 5.11 Å². The largest absolute Gasteiger partial charge is 0.507 e. The number of hydrogen-bond donors (Lipinski definition) is 1. The number of imidazole rings is 1. The van der Waals surface area contributed by atoms with Gasteiger partial charge in [-0.2, -0.15) is 0 Å². The van der Waals surface area contributed by atoms with Crippen LogP contribution in [0.15, 0.2) is 110 Å². The first kappa shape index (κ1) is 36.5. The van der Waals surface area contributed by atoms with Gasteiger partial charge in [0.05, 0.1) is 22.3 Å². The number of nitrogens with zero attached hydrogens (tertiary/aromatic N) is 3. The second-order valence-electron chi connectivity index (χ2n) is 16.8. The third kappa shape index (κ3) is 7.10. The fourth-order valence-corrected chi connectivity index (χ4v) is 6.60. The molecule has 266 valence electrons. The maximum absolute atomic E-state index is 14.9. The zero-order valence-corrected chi connectivity index (χ0v) is 32.2. The van der Waals surface area contributed by atoms with Gasteiger partial charge in [0.1, 0.15) is 17.4 Å². The lowest BCUT2D eigenvalue weighted by molar-refractivity contribution is 0.474. The van der Waals surface area contributed by atoms with Crippen molar-refractivity contribution in [2.75, 3.05) is 0 Å². The highest BCUT2D eigenvalue weighted by Gasteiger charge is 2.26. The van der Waals surface area contributed by atoms with Crippen LogP contribution in [-0.2, 0) is 16.2 Å². The van der Waals surface area contributed by atoms with Crippen LogP contribution in [0.3, 0.4) is 0 Å². The molecular weight excluding hydrogens is 642 g/mol. The minimum absolute atomic E-state index is 0.0366. The van der Waals surface area contributed by atoms with Gasteiger partial charge >= 0.3 is 0 Å². The van der Waals surface area contributed by atoms with Crippen molar-refractivity contribution in [3.8, 4) is 45.2 Å². The number of aromatic hydroxyl groups is 1. The number of halogens is 1. The van der Waals surface area contributed by atoms with E-state index < -0.39 is 5.82 Å². The van der Waals surface area contributed by atoms with E-state index >= 15 is 0 Å². The maximum atomic E-state index is 14.9. The predicted octanol–water partition coefficient (Wildman–Crippen LogP) is 12.7. The van der Waals surface area contributed by atoms with Gasteiger partial charge in [0.15, 0.2) is 0 Å². The van der Waals surface area contributed by atoms with Crippen molar-refractivity contribution in [2.45, 2.75) is 85.5 Å². The first-order valence-corrected chi connectivity index (χ1v) is 18.0. The fraction of sp³-hybridized carbons (Fsp3) is 0.277. The Labute approximate surface area is 308 Å². The molecule has 0 saturated carbocycles. The molecule has 6 rings (SSSR count). The van der Waals surface area contributed by atoms with Crippen molar-refractivity contribution in [1.82, 2.24) is 14.5 Å². The SMILES string of the molecule is C=C/C(=C\C)c1ccnc(-c2cc(-c3cccc4c3nc(-c3cc(F)ccc3O)n4-c3cc(C(C)(C)C)cc(C(C)(C)C)c3)cc(C(C)(C)C)c2)c1. The molecule has 2 aromatic heterocycles. The zero-order valence-electron chi connectivity index (χ0n) is 32.2. The van der Waals surface area contributed by atoms with Crippen LogP contribution < -0.4 is 0 Å². The van der Waals surface area contributed by atoms with Crippen LogP contribution in [0.25, 0.3) is 56.1 Å². The fourth-order valence-electron chi connectivity index (χ4n) is 6.60. The van der Waals surface area contributed by atoms with Gasteiger partial charge in [-0.1, -0.05) is 105 Å². The van der Waals surface area contributed by atoms with Crippen LogP contribution in [0.2, 0.25) is 0 Å². The van der Waals surface area contributed by atoms with Gasteiger partial charge in [0.2, 0.25) is 0 Å². The number of pyridine rings is 1. The molecule has 4 nitrogen and oxygen atoms in total. The third-order valence-electron chi connectivity index (χ3n) is 9.82. The Balaban J connectivity index is 1.69. The molecule has 0 atom stereocenters. The van der Waals surface area contributed by atoms with E-state index in [4.69, 9.17) is 9.97 Å². The van der Waals surface area contributed by atoms with E-state index in [1.54, 1.807) is 0 Å². The molecular formula is C47H50FN3O. The molecule has 0 bridgehead atoms. The Hall–Kier alpha value is -5.29. The Morgan fingerprint density at radius 2 is 1.37 bits per heavy atom. The average molecular weight is 692 g/mol. The average Bonchev–Trinajstić information content (AvgIpc) is 3.48. The Morgan fingerprint density at radius 1 is 0.731 bits per heavy atom. The van der Waals surface area contributed by atoms with Crippen molar-refractivity contribution in [3.63, 3.8) is 0 Å². The molecule has 0 fully saturated rings. The topological polar surface area (TPSA) is 50.9 Å². The van der Waals surface area contributed by atoms with E-state index in [0.29, 0.717) is 11.4 Å². The summed E-state index contributed by atoms with van der Waals surface area (Å²) in [5.41, 5.74) is 11.8. The van der Waals surface area contributed by atoms with Gasteiger partial charge in [0.25, 0.3) is 0 Å². The molecule has 4 aromatic carbocycles. The minimum atomic E-state index is -0.444. The summed E-state index contributed by atoms with van der Waals surface area (Å²) >= 11 is 0. The van der Waals surface area contributed by atoms with E-state index in [1.165, 1.54) is 29.3 Å². The number of phenols is 1. The number of aromatic nitrogens is 3. The van der Waals surface area contributed by atoms with Gasteiger partial charge in [-0.25, -0.2) is 9.37 Å². The lowest BCUT2D eigenvalue weighted by Crippen LogP contribution is -2.17. The van der Waals surface area contributed by atoms with Crippen molar-refractivity contribution >= 4 is 16.6 Å². The number of fused-ring (bicyclic) bond motifs is 1. The number of hydrogen-bond acceptors (Lipinski definition) is 3.